The maximum absolute atomic E-state index is 10.6. The Morgan fingerprint density at radius 3 is 2.50 bits per heavy atom. The van der Waals surface area contributed by atoms with Crippen molar-refractivity contribution in [2.75, 3.05) is 0 Å². The fraction of sp³-hybridized carbons (Fsp3) is 0.182. The van der Waals surface area contributed by atoms with Crippen molar-refractivity contribution in [3.05, 3.63) is 42.5 Å². The molecule has 0 amide bonds. The van der Waals surface area contributed by atoms with E-state index >= 15 is 0 Å². The number of carboxylic acid groups (broad SMARTS) is 1. The van der Waals surface area contributed by atoms with Crippen LogP contribution in [0.4, 0.5) is 0 Å². The highest BCUT2D eigenvalue weighted by Gasteiger charge is 2.14. The predicted octanol–water partition coefficient (Wildman–Crippen LogP) is 2.81. The van der Waals surface area contributed by atoms with Crippen LogP contribution in [0.5, 0.6) is 0 Å². The first-order chi connectivity index (χ1) is 6.61. The first-order valence-electron chi connectivity index (χ1n) is 4.25. The molecule has 0 bridgehead atoms. The summed E-state index contributed by atoms with van der Waals surface area (Å²) in [5, 5.41) is 8.62. The van der Waals surface area contributed by atoms with E-state index in [0.717, 1.165) is 4.90 Å². The number of rotatable bonds is 4. The third-order valence-corrected chi connectivity index (χ3v) is 3.00. The van der Waals surface area contributed by atoms with Crippen molar-refractivity contribution in [3.8, 4) is 0 Å². The normalized spacial score (nSPS) is 12.1. The van der Waals surface area contributed by atoms with E-state index < -0.39 is 5.97 Å². The topological polar surface area (TPSA) is 37.3 Å². The van der Waals surface area contributed by atoms with Gasteiger partial charge in [-0.25, -0.2) is 4.79 Å². The van der Waals surface area contributed by atoms with E-state index in [1.165, 1.54) is 11.8 Å². The molecule has 0 heterocycles. The summed E-state index contributed by atoms with van der Waals surface area (Å²) in [5.74, 6) is -0.930. The minimum atomic E-state index is -0.930. The van der Waals surface area contributed by atoms with E-state index in [1.54, 1.807) is 0 Å². The van der Waals surface area contributed by atoms with Crippen LogP contribution in [0.15, 0.2) is 47.4 Å². The molecule has 0 aliphatic heterocycles. The van der Waals surface area contributed by atoms with Gasteiger partial charge in [0.25, 0.3) is 0 Å². The van der Waals surface area contributed by atoms with Crippen molar-refractivity contribution in [3.63, 3.8) is 0 Å². The van der Waals surface area contributed by atoms with Crippen LogP contribution in [0.2, 0.25) is 0 Å². The zero-order valence-corrected chi connectivity index (χ0v) is 8.75. The molecule has 2 nitrogen and oxygen atoms in total. The molecule has 0 saturated carbocycles. The summed E-state index contributed by atoms with van der Waals surface area (Å²) >= 11 is 1.50. The van der Waals surface area contributed by atoms with Crippen molar-refractivity contribution in [1.29, 1.82) is 0 Å². The van der Waals surface area contributed by atoms with Gasteiger partial charge in [-0.1, -0.05) is 24.8 Å². The summed E-state index contributed by atoms with van der Waals surface area (Å²) in [6, 6.07) is 9.70. The van der Waals surface area contributed by atoms with E-state index in [9.17, 15) is 4.79 Å². The van der Waals surface area contributed by atoms with Crippen molar-refractivity contribution < 1.29 is 9.90 Å². The van der Waals surface area contributed by atoms with Gasteiger partial charge < -0.3 is 5.11 Å². The maximum atomic E-state index is 10.6. The fourth-order valence-electron chi connectivity index (χ4n) is 0.948. The number of hydrogen-bond acceptors (Lipinski definition) is 2. The molecule has 1 aromatic carbocycles. The Labute approximate surface area is 87.6 Å². The Kier molecular flexibility index (Phi) is 3.77. The zero-order chi connectivity index (χ0) is 10.6. The molecular formula is C11H12O2S. The van der Waals surface area contributed by atoms with Gasteiger partial charge in [0.1, 0.15) is 0 Å². The maximum Gasteiger partial charge on any atom is 0.332 e. The Hall–Kier alpha value is -1.22. The largest absolute Gasteiger partial charge is 0.478 e. The lowest BCUT2D eigenvalue weighted by Crippen LogP contribution is -2.09. The minimum absolute atomic E-state index is 0.102. The average molecular weight is 208 g/mol. The van der Waals surface area contributed by atoms with E-state index in [1.807, 2.05) is 37.3 Å². The number of carbonyl (C=O) groups is 1. The highest BCUT2D eigenvalue weighted by Crippen LogP contribution is 2.26. The van der Waals surface area contributed by atoms with Crippen molar-refractivity contribution in [2.45, 2.75) is 17.1 Å². The van der Waals surface area contributed by atoms with Gasteiger partial charge in [0.2, 0.25) is 0 Å². The van der Waals surface area contributed by atoms with Gasteiger partial charge in [0, 0.05) is 15.7 Å². The first kappa shape index (κ1) is 10.9. The number of carboxylic acids is 1. The molecule has 3 heteroatoms. The second-order valence-corrected chi connectivity index (χ2v) is 4.32. The quantitative estimate of drug-likeness (QED) is 0.610. The molecule has 0 aliphatic rings. The van der Waals surface area contributed by atoms with Gasteiger partial charge in [-0.3, -0.25) is 0 Å². The van der Waals surface area contributed by atoms with Crippen LogP contribution in [0.1, 0.15) is 6.92 Å². The van der Waals surface area contributed by atoms with Crippen molar-refractivity contribution >= 4 is 17.7 Å². The van der Waals surface area contributed by atoms with Gasteiger partial charge in [0.15, 0.2) is 0 Å². The predicted molar refractivity (Wildman–Crippen MR) is 58.5 cm³/mol. The highest BCUT2D eigenvalue weighted by atomic mass is 32.2. The van der Waals surface area contributed by atoms with Crippen molar-refractivity contribution in [2.24, 2.45) is 0 Å². The van der Waals surface area contributed by atoms with E-state index in [0.29, 0.717) is 0 Å². The van der Waals surface area contributed by atoms with Crippen LogP contribution in [-0.4, -0.2) is 16.3 Å². The Morgan fingerprint density at radius 1 is 1.43 bits per heavy atom. The third kappa shape index (κ3) is 2.92. The molecule has 0 fully saturated rings. The average Bonchev–Trinajstić information content (AvgIpc) is 2.18. The monoisotopic (exact) mass is 208 g/mol. The summed E-state index contributed by atoms with van der Waals surface area (Å²) < 4.78 is 0. The molecule has 1 aromatic rings. The van der Waals surface area contributed by atoms with E-state index in [4.69, 9.17) is 5.11 Å². The Bertz CT molecular complexity index is 332. The zero-order valence-electron chi connectivity index (χ0n) is 7.93. The number of thioether (sulfide) groups is 1. The summed E-state index contributed by atoms with van der Waals surface area (Å²) in [7, 11) is 0. The molecule has 0 aliphatic carbocycles. The smallest absolute Gasteiger partial charge is 0.332 e. The van der Waals surface area contributed by atoms with Gasteiger partial charge >= 0.3 is 5.97 Å². The molecule has 0 aromatic heterocycles. The second-order valence-electron chi connectivity index (χ2n) is 2.90. The lowest BCUT2D eigenvalue weighted by atomic mass is 10.2. The fourth-order valence-corrected chi connectivity index (χ4v) is 1.91. The van der Waals surface area contributed by atoms with Crippen LogP contribution >= 0.6 is 11.8 Å². The summed E-state index contributed by atoms with van der Waals surface area (Å²) in [6.45, 7) is 5.37. The second kappa shape index (κ2) is 4.86. The van der Waals surface area contributed by atoms with Crippen LogP contribution < -0.4 is 0 Å². The molecule has 1 N–H and O–H groups in total. The lowest BCUT2D eigenvalue weighted by Gasteiger charge is -2.10. The molecule has 14 heavy (non-hydrogen) atoms. The third-order valence-electron chi connectivity index (χ3n) is 1.82. The first-order valence-corrected chi connectivity index (χ1v) is 5.13. The Balaban J connectivity index is 2.62. The van der Waals surface area contributed by atoms with E-state index in [2.05, 4.69) is 6.58 Å². The minimum Gasteiger partial charge on any atom is -0.478 e. The highest BCUT2D eigenvalue weighted by molar-refractivity contribution is 8.00. The van der Waals surface area contributed by atoms with Crippen molar-refractivity contribution in [1.82, 2.24) is 0 Å². The van der Waals surface area contributed by atoms with Crippen LogP contribution in [0.3, 0.4) is 0 Å². The Morgan fingerprint density at radius 2 is 2.00 bits per heavy atom. The molecule has 74 valence electrons. The summed E-state index contributed by atoms with van der Waals surface area (Å²) in [5.41, 5.74) is 0.235. The molecule has 1 atom stereocenters. The lowest BCUT2D eigenvalue weighted by molar-refractivity contribution is -0.132. The summed E-state index contributed by atoms with van der Waals surface area (Å²) in [6.07, 6.45) is 0. The number of benzene rings is 1. The molecule has 1 unspecified atom stereocenters. The number of hydrogen-bond donors (Lipinski definition) is 1. The summed E-state index contributed by atoms with van der Waals surface area (Å²) in [4.78, 5) is 11.7. The van der Waals surface area contributed by atoms with Gasteiger partial charge in [0.05, 0.1) is 0 Å². The van der Waals surface area contributed by atoms with Crippen LogP contribution in [-0.2, 0) is 4.79 Å². The standard InChI is InChI=1S/C11H12O2S/c1-8(11(12)13)9(2)14-10-6-4-3-5-7-10/h3-7,9H,1H2,2H3,(H,12,13). The molecule has 0 spiro atoms. The molecule has 0 radical (unpaired) electrons. The van der Waals surface area contributed by atoms with Crippen LogP contribution in [0.25, 0.3) is 0 Å². The van der Waals surface area contributed by atoms with Gasteiger partial charge in [-0.05, 0) is 19.1 Å². The molecule has 1 rings (SSSR count). The SMILES string of the molecule is C=C(C(=O)O)C(C)Sc1ccccc1. The molecule has 0 saturated heterocycles. The van der Waals surface area contributed by atoms with E-state index in [-0.39, 0.29) is 10.8 Å². The number of aliphatic carboxylic acids is 1. The van der Waals surface area contributed by atoms with Crippen LogP contribution in [0, 0.1) is 0 Å². The molecular weight excluding hydrogens is 196 g/mol. The van der Waals surface area contributed by atoms with Gasteiger partial charge in [-0.15, -0.1) is 11.8 Å². The van der Waals surface area contributed by atoms with Gasteiger partial charge in [-0.2, -0.15) is 0 Å².